The van der Waals surface area contributed by atoms with E-state index in [1.807, 2.05) is 11.0 Å². The van der Waals surface area contributed by atoms with Crippen molar-refractivity contribution in [2.75, 3.05) is 57.0 Å². The normalized spacial score (nSPS) is 17.3. The highest BCUT2D eigenvalue weighted by Crippen LogP contribution is 2.37. The van der Waals surface area contributed by atoms with E-state index < -0.39 is 35.7 Å². The molecule has 2 aliphatic rings. The molecule has 0 radical (unpaired) electrons. The van der Waals surface area contributed by atoms with Gasteiger partial charge in [-0.25, -0.2) is 19.0 Å². The van der Waals surface area contributed by atoms with Crippen molar-refractivity contribution in [2.24, 2.45) is 0 Å². The fourth-order valence-corrected chi connectivity index (χ4v) is 5.74. The summed E-state index contributed by atoms with van der Waals surface area (Å²) in [5.74, 6) is -0.644. The van der Waals surface area contributed by atoms with Gasteiger partial charge in [0, 0.05) is 51.0 Å². The summed E-state index contributed by atoms with van der Waals surface area (Å²) < 4.78 is 67.1. The number of methoxy groups -OCH3 is 1. The van der Waals surface area contributed by atoms with E-state index in [9.17, 15) is 27.2 Å². The highest BCUT2D eigenvalue weighted by Gasteiger charge is 2.35. The molecule has 1 atom stereocenters. The van der Waals surface area contributed by atoms with Crippen molar-refractivity contribution in [3.63, 3.8) is 0 Å². The Morgan fingerprint density at radius 2 is 1.74 bits per heavy atom. The molecule has 0 aliphatic carbocycles. The Balaban J connectivity index is 1.29. The molecule has 3 aromatic rings. The summed E-state index contributed by atoms with van der Waals surface area (Å²) in [6.45, 7) is 8.31. The summed E-state index contributed by atoms with van der Waals surface area (Å²) in [6.07, 6.45) is -3.96. The van der Waals surface area contributed by atoms with Gasteiger partial charge in [0.15, 0.2) is 11.6 Å². The van der Waals surface area contributed by atoms with Crippen molar-refractivity contribution >= 4 is 23.6 Å². The number of ether oxygens (including phenoxy) is 2. The van der Waals surface area contributed by atoms with Crippen LogP contribution in [0.4, 0.5) is 38.7 Å². The van der Waals surface area contributed by atoms with Crippen LogP contribution in [0.3, 0.4) is 0 Å². The van der Waals surface area contributed by atoms with Gasteiger partial charge in [-0.2, -0.15) is 13.2 Å². The average molecular weight is 645 g/mol. The van der Waals surface area contributed by atoms with Crippen LogP contribution < -0.4 is 15.4 Å². The largest absolute Gasteiger partial charge is 0.454 e. The van der Waals surface area contributed by atoms with Crippen LogP contribution in [0, 0.1) is 5.82 Å². The molecular weight excluding hydrogens is 608 g/mol. The number of pyridine rings is 1. The average Bonchev–Trinajstić information content (AvgIpc) is 3.03. The lowest BCUT2D eigenvalue weighted by atomic mass is 9.93. The van der Waals surface area contributed by atoms with Crippen LogP contribution >= 0.6 is 0 Å². The minimum absolute atomic E-state index is 0.0222. The number of fused-ring (bicyclic) bond motifs is 1. The highest BCUT2D eigenvalue weighted by molar-refractivity contribution is 5.90. The summed E-state index contributed by atoms with van der Waals surface area (Å²) in [4.78, 5) is 34.5. The van der Waals surface area contributed by atoms with Crippen molar-refractivity contribution < 1.29 is 36.6 Å². The molecule has 2 aliphatic heterocycles. The van der Waals surface area contributed by atoms with E-state index in [0.717, 1.165) is 43.0 Å². The molecule has 0 unspecified atom stereocenters. The predicted octanol–water partition coefficient (Wildman–Crippen LogP) is 6.50. The molecule has 3 amide bonds. The molecule has 2 N–H and O–H groups in total. The number of amides is 3. The molecule has 1 aromatic heterocycles. The van der Waals surface area contributed by atoms with Gasteiger partial charge in [0.05, 0.1) is 24.9 Å². The third-order valence-electron chi connectivity index (χ3n) is 8.35. The molecule has 14 heteroatoms. The lowest BCUT2D eigenvalue weighted by Gasteiger charge is -2.35. The number of urea groups is 1. The van der Waals surface area contributed by atoms with Crippen LogP contribution in [-0.4, -0.2) is 78.2 Å². The highest BCUT2D eigenvalue weighted by atomic mass is 19.4. The van der Waals surface area contributed by atoms with Crippen molar-refractivity contribution in [1.82, 2.24) is 19.7 Å². The van der Waals surface area contributed by atoms with Gasteiger partial charge in [-0.1, -0.05) is 19.1 Å². The third kappa shape index (κ3) is 7.68. The quantitative estimate of drug-likeness (QED) is 0.284. The first kappa shape index (κ1) is 32.9. The van der Waals surface area contributed by atoms with Gasteiger partial charge in [-0.3, -0.25) is 10.2 Å². The van der Waals surface area contributed by atoms with Gasteiger partial charge in [0.25, 0.3) is 0 Å². The minimum Gasteiger partial charge on any atom is -0.454 e. The Morgan fingerprint density at radius 1 is 1.00 bits per heavy atom. The smallest absolute Gasteiger partial charge is 0.416 e. The Kier molecular flexibility index (Phi) is 9.97. The van der Waals surface area contributed by atoms with Gasteiger partial charge in [0.1, 0.15) is 11.6 Å². The number of carbonyl (C=O) groups excluding carboxylic acids is 2. The molecule has 10 nitrogen and oxygen atoms in total. The zero-order valence-corrected chi connectivity index (χ0v) is 25.8. The fraction of sp³-hybridized carbons (Fsp3) is 0.406. The fourth-order valence-electron chi connectivity index (χ4n) is 5.74. The summed E-state index contributed by atoms with van der Waals surface area (Å²) in [6, 6.07) is 9.31. The number of likely N-dealkylation sites (N-methyl/N-ethyl adjacent to an activating group) is 1. The summed E-state index contributed by atoms with van der Waals surface area (Å²) in [5.41, 5.74) is 1.15. The monoisotopic (exact) mass is 644 g/mol. The lowest BCUT2D eigenvalue weighted by molar-refractivity contribution is -0.138. The van der Waals surface area contributed by atoms with Crippen LogP contribution in [0.5, 0.6) is 11.5 Å². The Morgan fingerprint density at radius 3 is 2.43 bits per heavy atom. The predicted molar refractivity (Wildman–Crippen MR) is 163 cm³/mol. The van der Waals surface area contributed by atoms with Gasteiger partial charge in [-0.05, 0) is 60.8 Å². The number of rotatable bonds is 7. The zero-order chi connectivity index (χ0) is 33.0. The molecule has 1 fully saturated rings. The Hall–Kier alpha value is -4.43. The maximum Gasteiger partial charge on any atom is 0.416 e. The van der Waals surface area contributed by atoms with Crippen LogP contribution in [-0.2, 0) is 23.9 Å². The second-order valence-corrected chi connectivity index (χ2v) is 11.2. The van der Waals surface area contributed by atoms with E-state index in [1.54, 1.807) is 19.1 Å². The SMILES string of the molecule is CCN1CCN(Cc2ccc(NC(=O)N3CCc4ccc(Oc5cc(NC(=O)OC)ncc5F)cc4[C@@H]3C)cc2C(F)(F)F)CC1. The minimum atomic E-state index is -4.58. The van der Waals surface area contributed by atoms with E-state index in [4.69, 9.17) is 4.74 Å². The van der Waals surface area contributed by atoms with Crippen LogP contribution in [0.1, 0.15) is 42.1 Å². The number of nitrogens with zero attached hydrogens (tertiary/aromatic N) is 4. The van der Waals surface area contributed by atoms with Crippen LogP contribution in [0.2, 0.25) is 0 Å². The number of anilines is 2. The van der Waals surface area contributed by atoms with Gasteiger partial charge in [-0.15, -0.1) is 0 Å². The number of hydrogen-bond acceptors (Lipinski definition) is 7. The van der Waals surface area contributed by atoms with E-state index in [1.165, 1.54) is 30.2 Å². The second-order valence-electron chi connectivity index (χ2n) is 11.2. The van der Waals surface area contributed by atoms with Crippen molar-refractivity contribution in [1.29, 1.82) is 0 Å². The summed E-state index contributed by atoms with van der Waals surface area (Å²) in [7, 11) is 1.18. The first-order valence-corrected chi connectivity index (χ1v) is 15.0. The molecule has 46 heavy (non-hydrogen) atoms. The van der Waals surface area contributed by atoms with Crippen molar-refractivity contribution in [3.8, 4) is 11.5 Å². The Bertz CT molecular complexity index is 1580. The molecule has 0 saturated carbocycles. The van der Waals surface area contributed by atoms with E-state index >= 15 is 0 Å². The van der Waals surface area contributed by atoms with Crippen molar-refractivity contribution in [2.45, 2.75) is 39.0 Å². The van der Waals surface area contributed by atoms with Crippen molar-refractivity contribution in [3.05, 3.63) is 76.7 Å². The number of piperazine rings is 1. The summed E-state index contributed by atoms with van der Waals surface area (Å²) in [5, 5.41) is 4.99. The Labute approximate surface area is 264 Å². The number of benzene rings is 2. The van der Waals surface area contributed by atoms with Gasteiger partial charge >= 0.3 is 18.3 Å². The second kappa shape index (κ2) is 13.9. The number of aromatic nitrogens is 1. The molecule has 246 valence electrons. The number of nitrogens with one attached hydrogen (secondary N) is 2. The van der Waals surface area contributed by atoms with Crippen LogP contribution in [0.25, 0.3) is 0 Å². The topological polar surface area (TPSA) is 99.3 Å². The molecule has 5 rings (SSSR count). The maximum atomic E-state index is 14.5. The summed E-state index contributed by atoms with van der Waals surface area (Å²) >= 11 is 0. The standard InChI is InChI=1S/C32H36F4N6O4/c1-4-40-11-13-41(14-12-40)19-22-5-7-23(15-26(22)32(34,35)36)38-30(43)42-10-9-21-6-8-24(16-25(21)20(42)2)46-28-17-29(37-18-27(28)33)39-31(44)45-3/h5-8,15-18,20H,4,9-14,19H2,1-3H3,(H,38,43)(H,37,39,44)/t20-/m0/s1. The first-order valence-electron chi connectivity index (χ1n) is 15.0. The number of alkyl halides is 3. The van der Waals surface area contributed by atoms with Gasteiger partial charge < -0.3 is 24.6 Å². The van der Waals surface area contributed by atoms with E-state index in [0.29, 0.717) is 26.1 Å². The number of carbonyl (C=O) groups is 2. The molecular formula is C32H36F4N6O4. The molecule has 0 spiro atoms. The third-order valence-corrected chi connectivity index (χ3v) is 8.35. The number of halogens is 4. The van der Waals surface area contributed by atoms with Crippen LogP contribution in [0.15, 0.2) is 48.7 Å². The zero-order valence-electron chi connectivity index (χ0n) is 25.8. The molecule has 2 aromatic carbocycles. The van der Waals surface area contributed by atoms with Gasteiger partial charge in [0.2, 0.25) is 0 Å². The molecule has 1 saturated heterocycles. The maximum absolute atomic E-state index is 14.5. The first-order chi connectivity index (χ1) is 21.9. The molecule has 3 heterocycles. The van der Waals surface area contributed by atoms with E-state index in [-0.39, 0.29) is 35.1 Å². The molecule has 0 bridgehead atoms. The van der Waals surface area contributed by atoms with E-state index in [2.05, 4.69) is 32.2 Å². The number of hydrogen-bond donors (Lipinski definition) is 2. The lowest BCUT2D eigenvalue weighted by Crippen LogP contribution is -2.45.